The van der Waals surface area contributed by atoms with E-state index < -0.39 is 0 Å². The van der Waals surface area contributed by atoms with Crippen molar-refractivity contribution in [1.29, 1.82) is 0 Å². The van der Waals surface area contributed by atoms with E-state index in [1.54, 1.807) is 14.2 Å². The Kier molecular flexibility index (Phi) is 3.37. The molecule has 1 aliphatic carbocycles. The van der Waals surface area contributed by atoms with Gasteiger partial charge in [-0.25, -0.2) is 0 Å². The summed E-state index contributed by atoms with van der Waals surface area (Å²) < 4.78 is 11.0. The smallest absolute Gasteiger partial charge is 0.165 e. The van der Waals surface area contributed by atoms with Crippen molar-refractivity contribution in [3.63, 3.8) is 0 Å². The van der Waals surface area contributed by atoms with E-state index in [9.17, 15) is 0 Å². The minimum absolute atomic E-state index is 0.182. The highest BCUT2D eigenvalue weighted by atomic mass is 16.5. The van der Waals surface area contributed by atoms with Crippen molar-refractivity contribution in [2.45, 2.75) is 37.4 Å². The largest absolute Gasteiger partial charge is 0.493 e. The third-order valence-electron chi connectivity index (χ3n) is 4.25. The van der Waals surface area contributed by atoms with Crippen LogP contribution in [0.25, 0.3) is 0 Å². The lowest BCUT2D eigenvalue weighted by atomic mass is 9.99. The number of likely N-dealkylation sites (tertiary alicyclic amines) is 1. The molecule has 1 aromatic carbocycles. The molecule has 0 spiro atoms. The third kappa shape index (κ3) is 2.19. The van der Waals surface area contributed by atoms with E-state index in [1.165, 1.54) is 18.4 Å². The van der Waals surface area contributed by atoms with Gasteiger partial charge in [0.05, 0.1) is 20.3 Å². The highest BCUT2D eigenvalue weighted by molar-refractivity contribution is 5.49. The number of nitrogens with zero attached hydrogens (tertiary/aromatic N) is 1. The number of ether oxygens (including phenoxy) is 2. The fraction of sp³-hybridized carbons (Fsp3) is 0.600. The molecule has 0 aromatic heterocycles. The van der Waals surface area contributed by atoms with E-state index in [2.05, 4.69) is 11.0 Å². The number of hydrogen-bond acceptors (Lipinski definition) is 4. The molecule has 1 heterocycles. The third-order valence-corrected chi connectivity index (χ3v) is 4.25. The summed E-state index contributed by atoms with van der Waals surface area (Å²) in [6, 6.07) is 7.23. The monoisotopic (exact) mass is 262 g/mol. The van der Waals surface area contributed by atoms with Crippen LogP contribution in [0.15, 0.2) is 18.2 Å². The van der Waals surface area contributed by atoms with Crippen molar-refractivity contribution >= 4 is 0 Å². The summed E-state index contributed by atoms with van der Waals surface area (Å²) in [6.45, 7) is 1.09. The van der Waals surface area contributed by atoms with E-state index in [4.69, 9.17) is 15.2 Å². The van der Waals surface area contributed by atoms with Gasteiger partial charge < -0.3 is 15.2 Å². The van der Waals surface area contributed by atoms with Gasteiger partial charge in [0.15, 0.2) is 11.5 Å². The lowest BCUT2D eigenvalue weighted by Gasteiger charge is -2.28. The van der Waals surface area contributed by atoms with Crippen LogP contribution in [0.1, 0.15) is 30.9 Å². The summed E-state index contributed by atoms with van der Waals surface area (Å²) in [6.07, 6.45) is 3.66. The predicted octanol–water partition coefficient (Wildman–Crippen LogP) is 1.94. The molecule has 3 rings (SSSR count). The lowest BCUT2D eigenvalue weighted by Crippen LogP contribution is -2.33. The second-order valence-electron chi connectivity index (χ2n) is 5.45. The average molecular weight is 262 g/mol. The molecule has 2 fully saturated rings. The summed E-state index contributed by atoms with van der Waals surface area (Å²) >= 11 is 0. The molecule has 1 aliphatic heterocycles. The molecule has 1 saturated carbocycles. The Hall–Kier alpha value is -1.26. The summed E-state index contributed by atoms with van der Waals surface area (Å²) in [5, 5.41) is 0. The Morgan fingerprint density at radius 3 is 2.58 bits per heavy atom. The number of benzene rings is 1. The number of para-hydroxylation sites is 1. The fourth-order valence-corrected chi connectivity index (χ4v) is 3.21. The van der Waals surface area contributed by atoms with Crippen LogP contribution in [-0.2, 0) is 0 Å². The maximum Gasteiger partial charge on any atom is 0.165 e. The second kappa shape index (κ2) is 5.02. The van der Waals surface area contributed by atoms with Crippen LogP contribution in [0.3, 0.4) is 0 Å². The summed E-state index contributed by atoms with van der Waals surface area (Å²) in [4.78, 5) is 2.54. The van der Waals surface area contributed by atoms with Crippen LogP contribution in [0, 0.1) is 0 Å². The van der Waals surface area contributed by atoms with Gasteiger partial charge >= 0.3 is 0 Å². The number of nitrogens with two attached hydrogens (primary N) is 1. The van der Waals surface area contributed by atoms with Crippen molar-refractivity contribution in [2.75, 3.05) is 20.8 Å². The first-order valence-corrected chi connectivity index (χ1v) is 6.98. The summed E-state index contributed by atoms with van der Waals surface area (Å²) in [7, 11) is 3.37. The zero-order valence-corrected chi connectivity index (χ0v) is 11.6. The van der Waals surface area contributed by atoms with Gasteiger partial charge in [-0.05, 0) is 25.3 Å². The Balaban J connectivity index is 1.99. The Morgan fingerprint density at radius 2 is 1.95 bits per heavy atom. The van der Waals surface area contributed by atoms with E-state index in [1.807, 2.05) is 12.1 Å². The molecule has 1 aromatic rings. The SMILES string of the molecule is COc1cccc(C2C(N)CCN2C2CC2)c1OC. The molecule has 2 N–H and O–H groups in total. The Morgan fingerprint density at radius 1 is 1.16 bits per heavy atom. The van der Waals surface area contributed by atoms with Gasteiger partial charge in [-0.1, -0.05) is 12.1 Å². The highest BCUT2D eigenvalue weighted by Crippen LogP contribution is 2.45. The summed E-state index contributed by atoms with van der Waals surface area (Å²) in [5.41, 5.74) is 7.51. The van der Waals surface area contributed by atoms with Gasteiger partial charge in [0.25, 0.3) is 0 Å². The van der Waals surface area contributed by atoms with Crippen molar-refractivity contribution in [2.24, 2.45) is 5.73 Å². The second-order valence-corrected chi connectivity index (χ2v) is 5.45. The minimum Gasteiger partial charge on any atom is -0.493 e. The quantitative estimate of drug-likeness (QED) is 0.901. The molecule has 0 amide bonds. The first-order chi connectivity index (χ1) is 9.26. The molecule has 0 bridgehead atoms. The number of hydrogen-bond donors (Lipinski definition) is 1. The molecule has 4 nitrogen and oxygen atoms in total. The molecule has 4 heteroatoms. The zero-order chi connectivity index (χ0) is 13.4. The van der Waals surface area contributed by atoms with Crippen LogP contribution >= 0.6 is 0 Å². The average Bonchev–Trinajstić information content (AvgIpc) is 3.21. The topological polar surface area (TPSA) is 47.7 Å². The predicted molar refractivity (Wildman–Crippen MR) is 74.6 cm³/mol. The van der Waals surface area contributed by atoms with Gasteiger partial charge in [-0.2, -0.15) is 0 Å². The fourth-order valence-electron chi connectivity index (χ4n) is 3.21. The van der Waals surface area contributed by atoms with Gasteiger partial charge in [0, 0.05) is 24.2 Å². The van der Waals surface area contributed by atoms with Crippen LogP contribution in [0.5, 0.6) is 11.5 Å². The van der Waals surface area contributed by atoms with Crippen LogP contribution in [0.4, 0.5) is 0 Å². The maximum absolute atomic E-state index is 6.34. The Labute approximate surface area is 114 Å². The van der Waals surface area contributed by atoms with Crippen LogP contribution in [0.2, 0.25) is 0 Å². The van der Waals surface area contributed by atoms with Crippen LogP contribution in [-0.4, -0.2) is 37.7 Å². The van der Waals surface area contributed by atoms with Gasteiger partial charge in [-0.15, -0.1) is 0 Å². The minimum atomic E-state index is 0.182. The number of rotatable bonds is 4. The van der Waals surface area contributed by atoms with E-state index >= 15 is 0 Å². The van der Waals surface area contributed by atoms with Crippen LogP contribution < -0.4 is 15.2 Å². The molecule has 2 atom stereocenters. The maximum atomic E-state index is 6.34. The van der Waals surface area contributed by atoms with E-state index in [-0.39, 0.29) is 12.1 Å². The molecule has 2 unspecified atom stereocenters. The molecule has 104 valence electrons. The van der Waals surface area contributed by atoms with Crippen molar-refractivity contribution in [1.82, 2.24) is 4.90 Å². The van der Waals surface area contributed by atoms with E-state index in [0.29, 0.717) is 0 Å². The van der Waals surface area contributed by atoms with Crippen molar-refractivity contribution in [3.05, 3.63) is 23.8 Å². The number of methoxy groups -OCH3 is 2. The molecule has 19 heavy (non-hydrogen) atoms. The first kappa shape index (κ1) is 12.8. The van der Waals surface area contributed by atoms with Gasteiger partial charge in [0.1, 0.15) is 0 Å². The molecular weight excluding hydrogens is 240 g/mol. The molecule has 0 radical (unpaired) electrons. The van der Waals surface area contributed by atoms with E-state index in [0.717, 1.165) is 30.5 Å². The Bertz CT molecular complexity index is 459. The van der Waals surface area contributed by atoms with Gasteiger partial charge in [0.2, 0.25) is 0 Å². The lowest BCUT2D eigenvalue weighted by molar-refractivity contribution is 0.230. The van der Waals surface area contributed by atoms with Crippen molar-refractivity contribution < 1.29 is 9.47 Å². The van der Waals surface area contributed by atoms with Gasteiger partial charge in [-0.3, -0.25) is 4.90 Å². The summed E-state index contributed by atoms with van der Waals surface area (Å²) in [5.74, 6) is 1.62. The normalized spacial score (nSPS) is 27.5. The highest BCUT2D eigenvalue weighted by Gasteiger charge is 2.42. The first-order valence-electron chi connectivity index (χ1n) is 6.98. The standard InChI is InChI=1S/C15H22N2O2/c1-18-13-5-3-4-11(15(13)19-2)14-12(16)8-9-17(14)10-6-7-10/h3-5,10,12,14H,6-9,16H2,1-2H3. The zero-order valence-electron chi connectivity index (χ0n) is 11.6. The van der Waals surface area contributed by atoms with Crippen molar-refractivity contribution in [3.8, 4) is 11.5 Å². The molecule has 2 aliphatic rings. The molecular formula is C15H22N2O2. The molecule has 1 saturated heterocycles.